The van der Waals surface area contributed by atoms with Crippen LogP contribution in [0.15, 0.2) is 46.7 Å². The Bertz CT molecular complexity index is 859. The van der Waals surface area contributed by atoms with Crippen molar-refractivity contribution in [2.75, 3.05) is 18.1 Å². The predicted molar refractivity (Wildman–Crippen MR) is 117 cm³/mol. The average Bonchev–Trinajstić information content (AvgIpc) is 3.22. The van der Waals surface area contributed by atoms with Gasteiger partial charge in [0.2, 0.25) is 15.9 Å². The number of carbonyl (C=O) groups excluding carboxylic acids is 1. The van der Waals surface area contributed by atoms with Gasteiger partial charge in [-0.1, -0.05) is 25.3 Å². The summed E-state index contributed by atoms with van der Waals surface area (Å²) >= 11 is 3.24. The summed E-state index contributed by atoms with van der Waals surface area (Å²) in [5, 5.41) is 4.85. The highest BCUT2D eigenvalue weighted by atomic mass is 32.2. The zero-order chi connectivity index (χ0) is 20.0. The van der Waals surface area contributed by atoms with Gasteiger partial charge < -0.3 is 5.32 Å². The number of thiophene rings is 1. The minimum Gasteiger partial charge on any atom is -0.325 e. The van der Waals surface area contributed by atoms with Crippen LogP contribution in [0.3, 0.4) is 0 Å². The second-order valence-corrected chi connectivity index (χ2v) is 11.0. The molecule has 1 saturated carbocycles. The normalized spacial score (nSPS) is 15.6. The van der Waals surface area contributed by atoms with E-state index in [1.807, 2.05) is 11.4 Å². The fraction of sp³-hybridized carbons (Fsp3) is 0.450. The Morgan fingerprint density at radius 3 is 2.54 bits per heavy atom. The zero-order valence-electron chi connectivity index (χ0n) is 16.0. The fourth-order valence-electron chi connectivity index (χ4n) is 3.35. The number of sulfonamides is 1. The number of nitrogens with zero attached hydrogens (tertiary/aromatic N) is 1. The lowest BCUT2D eigenvalue weighted by molar-refractivity contribution is -0.113. The number of nitrogens with one attached hydrogen (secondary N) is 1. The first-order chi connectivity index (χ1) is 13.5. The molecule has 1 heterocycles. The highest BCUT2D eigenvalue weighted by molar-refractivity contribution is 7.99. The number of anilines is 1. The van der Waals surface area contributed by atoms with Gasteiger partial charge in [-0.15, -0.1) is 23.1 Å². The molecule has 1 amide bonds. The minimum absolute atomic E-state index is 0.0819. The maximum atomic E-state index is 12.9. The van der Waals surface area contributed by atoms with Crippen molar-refractivity contribution >= 4 is 44.7 Å². The van der Waals surface area contributed by atoms with Gasteiger partial charge in [0.25, 0.3) is 0 Å². The van der Waals surface area contributed by atoms with Crippen molar-refractivity contribution in [1.82, 2.24) is 4.31 Å². The van der Waals surface area contributed by atoms with Crippen LogP contribution in [0, 0.1) is 0 Å². The molecule has 1 aliphatic carbocycles. The first-order valence-corrected chi connectivity index (χ1v) is 12.9. The van der Waals surface area contributed by atoms with Crippen LogP contribution in [-0.4, -0.2) is 37.5 Å². The maximum absolute atomic E-state index is 12.9. The number of amides is 1. The molecule has 0 unspecified atom stereocenters. The Morgan fingerprint density at radius 1 is 1.18 bits per heavy atom. The van der Waals surface area contributed by atoms with E-state index in [-0.39, 0.29) is 16.8 Å². The van der Waals surface area contributed by atoms with Crippen LogP contribution in [0.1, 0.15) is 37.0 Å². The molecule has 1 fully saturated rings. The molecule has 0 radical (unpaired) electrons. The quantitative estimate of drug-likeness (QED) is 0.655. The minimum atomic E-state index is -3.51. The maximum Gasteiger partial charge on any atom is 0.243 e. The van der Waals surface area contributed by atoms with Crippen LogP contribution in [-0.2, 0) is 20.6 Å². The Hall–Kier alpha value is -1.35. The summed E-state index contributed by atoms with van der Waals surface area (Å²) in [4.78, 5) is 13.6. The van der Waals surface area contributed by atoms with E-state index in [1.165, 1.54) is 15.6 Å². The van der Waals surface area contributed by atoms with Crippen LogP contribution < -0.4 is 5.32 Å². The van der Waals surface area contributed by atoms with Gasteiger partial charge in [-0.25, -0.2) is 8.42 Å². The van der Waals surface area contributed by atoms with Gasteiger partial charge in [0.1, 0.15) is 0 Å². The number of thioether (sulfide) groups is 1. The van der Waals surface area contributed by atoms with E-state index >= 15 is 0 Å². The monoisotopic (exact) mass is 438 g/mol. The van der Waals surface area contributed by atoms with Gasteiger partial charge in [0.05, 0.1) is 10.6 Å². The van der Waals surface area contributed by atoms with Crippen LogP contribution in [0.2, 0.25) is 0 Å². The van der Waals surface area contributed by atoms with E-state index in [0.717, 1.165) is 31.4 Å². The zero-order valence-corrected chi connectivity index (χ0v) is 18.4. The van der Waals surface area contributed by atoms with Crippen molar-refractivity contribution in [2.24, 2.45) is 0 Å². The lowest BCUT2D eigenvalue weighted by Gasteiger charge is -2.30. The summed E-state index contributed by atoms with van der Waals surface area (Å²) in [5.74, 6) is 1.09. The van der Waals surface area contributed by atoms with E-state index in [4.69, 9.17) is 0 Å². The highest BCUT2D eigenvalue weighted by Crippen LogP contribution is 2.27. The number of hydrogen-bond acceptors (Lipinski definition) is 5. The van der Waals surface area contributed by atoms with Crippen molar-refractivity contribution < 1.29 is 13.2 Å². The van der Waals surface area contributed by atoms with Crippen molar-refractivity contribution in [1.29, 1.82) is 0 Å². The van der Waals surface area contributed by atoms with Crippen LogP contribution in [0.25, 0.3) is 0 Å². The summed E-state index contributed by atoms with van der Waals surface area (Å²) in [6, 6.07) is 10.6. The second kappa shape index (κ2) is 9.91. The highest BCUT2D eigenvalue weighted by Gasteiger charge is 2.28. The molecule has 1 aliphatic rings. The number of carbonyl (C=O) groups is 1. The standard InChI is InChI=1S/C20H26N2O3S3/c1-22(17-6-3-2-4-7-17)28(24,25)19-11-9-16(10-12-19)21-20(23)15-26-14-18-8-5-13-27-18/h5,8-13,17H,2-4,6-7,14-15H2,1H3,(H,21,23). The van der Waals surface area contributed by atoms with E-state index in [2.05, 4.69) is 11.4 Å². The molecule has 0 aliphatic heterocycles. The second-order valence-electron chi connectivity index (χ2n) is 6.96. The lowest BCUT2D eigenvalue weighted by Crippen LogP contribution is -2.38. The summed E-state index contributed by atoms with van der Waals surface area (Å²) in [6.45, 7) is 0. The molecule has 2 aromatic rings. The molecule has 28 heavy (non-hydrogen) atoms. The Morgan fingerprint density at radius 2 is 1.89 bits per heavy atom. The topological polar surface area (TPSA) is 66.5 Å². The fourth-order valence-corrected chi connectivity index (χ4v) is 6.44. The van der Waals surface area contributed by atoms with E-state index < -0.39 is 10.0 Å². The summed E-state index contributed by atoms with van der Waals surface area (Å²) in [7, 11) is -1.83. The molecule has 1 aromatic carbocycles. The third-order valence-corrected chi connectivity index (χ3v) is 8.93. The molecule has 152 valence electrons. The molecular formula is C20H26N2O3S3. The van der Waals surface area contributed by atoms with Crippen LogP contribution in [0.4, 0.5) is 5.69 Å². The van der Waals surface area contributed by atoms with Crippen molar-refractivity contribution in [3.63, 3.8) is 0 Å². The third-order valence-electron chi connectivity index (χ3n) is 4.96. The van der Waals surface area contributed by atoms with E-state index in [9.17, 15) is 13.2 Å². The Labute approximate surface area is 175 Å². The average molecular weight is 439 g/mol. The smallest absolute Gasteiger partial charge is 0.243 e. The summed E-state index contributed by atoms with van der Waals surface area (Å²) in [5.41, 5.74) is 0.612. The van der Waals surface area contributed by atoms with Gasteiger partial charge in [0, 0.05) is 29.4 Å². The first-order valence-electron chi connectivity index (χ1n) is 9.45. The Balaban J connectivity index is 1.54. The molecule has 1 N–H and O–H groups in total. The van der Waals surface area contributed by atoms with Crippen LogP contribution in [0.5, 0.6) is 0 Å². The van der Waals surface area contributed by atoms with E-state index in [1.54, 1.807) is 54.4 Å². The number of hydrogen-bond donors (Lipinski definition) is 1. The molecule has 0 spiro atoms. The van der Waals surface area contributed by atoms with Gasteiger partial charge in [-0.2, -0.15) is 4.31 Å². The summed E-state index contributed by atoms with van der Waals surface area (Å²) in [6.07, 6.45) is 5.20. The Kier molecular flexibility index (Phi) is 7.56. The molecule has 5 nitrogen and oxygen atoms in total. The third kappa shape index (κ3) is 5.59. The van der Waals surface area contributed by atoms with Gasteiger partial charge in [-0.3, -0.25) is 4.79 Å². The molecular weight excluding hydrogens is 412 g/mol. The SMILES string of the molecule is CN(C1CCCCC1)S(=O)(=O)c1ccc(NC(=O)CSCc2cccs2)cc1. The number of rotatable bonds is 8. The van der Waals surface area contributed by atoms with Crippen LogP contribution >= 0.6 is 23.1 Å². The molecule has 0 bridgehead atoms. The molecule has 8 heteroatoms. The largest absolute Gasteiger partial charge is 0.325 e. The van der Waals surface area contributed by atoms with E-state index in [0.29, 0.717) is 11.4 Å². The summed E-state index contributed by atoms with van der Waals surface area (Å²) < 4.78 is 27.2. The van der Waals surface area contributed by atoms with Gasteiger partial charge in [0.15, 0.2) is 0 Å². The van der Waals surface area contributed by atoms with Gasteiger partial charge >= 0.3 is 0 Å². The molecule has 3 rings (SSSR count). The first kappa shape index (κ1) is 21.4. The predicted octanol–water partition coefficient (Wildman–Crippen LogP) is 4.57. The number of benzene rings is 1. The molecule has 1 aromatic heterocycles. The lowest BCUT2D eigenvalue weighted by atomic mass is 9.96. The van der Waals surface area contributed by atoms with Crippen molar-refractivity contribution in [3.8, 4) is 0 Å². The van der Waals surface area contributed by atoms with Gasteiger partial charge in [-0.05, 0) is 48.6 Å². The van der Waals surface area contributed by atoms with Crippen molar-refractivity contribution in [3.05, 3.63) is 46.7 Å². The van der Waals surface area contributed by atoms with Crippen molar-refractivity contribution in [2.45, 2.75) is 48.8 Å². The molecule has 0 saturated heterocycles. The molecule has 0 atom stereocenters.